The summed E-state index contributed by atoms with van der Waals surface area (Å²) in [5, 5.41) is 0. The Bertz CT molecular complexity index is 1060. The maximum absolute atomic E-state index is 12.8. The molecule has 0 saturated carbocycles. The summed E-state index contributed by atoms with van der Waals surface area (Å²) < 4.78 is 11.9. The molecule has 28 heavy (non-hydrogen) atoms. The van der Waals surface area contributed by atoms with E-state index >= 15 is 0 Å². The van der Waals surface area contributed by atoms with Crippen molar-refractivity contribution in [1.29, 1.82) is 0 Å². The van der Waals surface area contributed by atoms with Gasteiger partial charge in [0.15, 0.2) is 5.76 Å². The topological polar surface area (TPSA) is 51.7 Å². The summed E-state index contributed by atoms with van der Waals surface area (Å²) in [6.45, 7) is 1.86. The number of aromatic nitrogens is 1. The van der Waals surface area contributed by atoms with Crippen LogP contribution in [0.25, 0.3) is 6.08 Å². The van der Waals surface area contributed by atoms with Gasteiger partial charge in [0.05, 0.1) is 11.1 Å². The molecular weight excluding hydrogens is 352 g/mol. The van der Waals surface area contributed by atoms with Gasteiger partial charge in [0.25, 0.3) is 0 Å². The first kappa shape index (κ1) is 16.7. The molecule has 0 amide bonds. The highest BCUT2D eigenvalue weighted by atomic mass is 16.5. The fourth-order valence-electron chi connectivity index (χ4n) is 3.56. The third-order valence-electron chi connectivity index (χ3n) is 4.91. The zero-order valence-corrected chi connectivity index (χ0v) is 15.2. The van der Waals surface area contributed by atoms with Crippen LogP contribution in [0.2, 0.25) is 0 Å². The van der Waals surface area contributed by atoms with Gasteiger partial charge in [0.2, 0.25) is 5.78 Å². The van der Waals surface area contributed by atoms with Crippen LogP contribution < -0.4 is 9.47 Å². The maximum atomic E-state index is 12.8. The van der Waals surface area contributed by atoms with Gasteiger partial charge in [-0.1, -0.05) is 36.4 Å². The summed E-state index contributed by atoms with van der Waals surface area (Å²) in [6, 6.07) is 17.3. The lowest BCUT2D eigenvalue weighted by atomic mass is 10.0. The van der Waals surface area contributed by atoms with Crippen LogP contribution in [0.5, 0.6) is 11.5 Å². The maximum Gasteiger partial charge on any atom is 0.231 e. The highest BCUT2D eigenvalue weighted by Gasteiger charge is 2.33. The number of nitrogens with zero attached hydrogens (tertiary/aromatic N) is 2. The number of benzene rings is 2. The number of Topliss-reactive ketones (excluding diaryl/α,β-unsaturated/α-hetero) is 1. The molecule has 0 atom stereocenters. The van der Waals surface area contributed by atoms with Crippen LogP contribution in [0.4, 0.5) is 0 Å². The first-order chi connectivity index (χ1) is 13.8. The van der Waals surface area contributed by atoms with Crippen LogP contribution in [0, 0.1) is 0 Å². The van der Waals surface area contributed by atoms with Crippen LogP contribution in [0.3, 0.4) is 0 Å². The highest BCUT2D eigenvalue weighted by molar-refractivity contribution is 6.15. The molecule has 1 aromatic heterocycles. The van der Waals surface area contributed by atoms with E-state index in [1.807, 2.05) is 54.7 Å². The molecule has 3 heterocycles. The molecule has 2 aliphatic rings. The first-order valence-electron chi connectivity index (χ1n) is 9.17. The predicted molar refractivity (Wildman–Crippen MR) is 105 cm³/mol. The predicted octanol–water partition coefficient (Wildman–Crippen LogP) is 4.05. The second kappa shape index (κ2) is 6.94. The summed E-state index contributed by atoms with van der Waals surface area (Å²) in [6.07, 6.45) is 5.40. The van der Waals surface area contributed by atoms with Crippen LogP contribution in [-0.4, -0.2) is 22.4 Å². The minimum Gasteiger partial charge on any atom is -0.478 e. The van der Waals surface area contributed by atoms with E-state index in [0.717, 1.165) is 29.0 Å². The Labute approximate surface area is 162 Å². The number of fused-ring (bicyclic) bond motifs is 3. The molecule has 5 heteroatoms. The number of allylic oxidation sites excluding steroid dienone is 1. The van der Waals surface area contributed by atoms with Crippen molar-refractivity contribution in [1.82, 2.24) is 9.88 Å². The normalized spacial score (nSPS) is 17.0. The lowest BCUT2D eigenvalue weighted by molar-refractivity contribution is 0.0872. The van der Waals surface area contributed by atoms with Crippen LogP contribution in [0.15, 0.2) is 72.8 Å². The molecule has 5 rings (SSSR count). The molecular formula is C23H18N2O3. The summed E-state index contributed by atoms with van der Waals surface area (Å²) in [4.78, 5) is 19.1. The standard InChI is InChI=1S/C23H18N2O3/c26-22-18-8-9-20-19(14-25(15-27-20)13-17-7-4-10-24-12-17)23(18)28-21(22)11-16-5-2-1-3-6-16/h1-12H,13-15H2. The number of rotatable bonds is 3. The fourth-order valence-corrected chi connectivity index (χ4v) is 3.56. The van der Waals surface area contributed by atoms with E-state index in [0.29, 0.717) is 30.3 Å². The van der Waals surface area contributed by atoms with E-state index in [2.05, 4.69) is 9.88 Å². The molecule has 0 radical (unpaired) electrons. The van der Waals surface area contributed by atoms with Crippen molar-refractivity contribution in [3.05, 3.63) is 95.0 Å². The van der Waals surface area contributed by atoms with Gasteiger partial charge in [-0.05, 0) is 35.4 Å². The largest absolute Gasteiger partial charge is 0.478 e. The van der Waals surface area contributed by atoms with Gasteiger partial charge < -0.3 is 9.47 Å². The molecule has 0 aliphatic carbocycles. The zero-order valence-electron chi connectivity index (χ0n) is 15.2. The Balaban J connectivity index is 1.44. The van der Waals surface area contributed by atoms with Crippen molar-refractivity contribution in [3.63, 3.8) is 0 Å². The van der Waals surface area contributed by atoms with Crippen molar-refractivity contribution in [2.75, 3.05) is 6.73 Å². The monoisotopic (exact) mass is 370 g/mol. The average molecular weight is 370 g/mol. The van der Waals surface area contributed by atoms with Crippen molar-refractivity contribution in [2.45, 2.75) is 13.1 Å². The molecule has 5 nitrogen and oxygen atoms in total. The quantitative estimate of drug-likeness (QED) is 0.651. The van der Waals surface area contributed by atoms with Gasteiger partial charge in [-0.2, -0.15) is 0 Å². The van der Waals surface area contributed by atoms with Crippen molar-refractivity contribution >= 4 is 11.9 Å². The third kappa shape index (κ3) is 3.06. The lowest BCUT2D eigenvalue weighted by Gasteiger charge is -2.29. The minimum absolute atomic E-state index is 0.0916. The molecule has 138 valence electrons. The smallest absolute Gasteiger partial charge is 0.231 e. The number of ether oxygens (including phenoxy) is 2. The van der Waals surface area contributed by atoms with Gasteiger partial charge in [-0.15, -0.1) is 0 Å². The van der Waals surface area contributed by atoms with Gasteiger partial charge in [0.1, 0.15) is 18.2 Å². The second-order valence-corrected chi connectivity index (χ2v) is 6.89. The van der Waals surface area contributed by atoms with E-state index in [4.69, 9.17) is 9.47 Å². The summed E-state index contributed by atoms with van der Waals surface area (Å²) in [5.74, 6) is 1.64. The Kier molecular flexibility index (Phi) is 4.14. The van der Waals surface area contributed by atoms with E-state index in [1.54, 1.807) is 18.3 Å². The van der Waals surface area contributed by atoms with Crippen LogP contribution >= 0.6 is 0 Å². The van der Waals surface area contributed by atoms with E-state index in [-0.39, 0.29) is 5.78 Å². The van der Waals surface area contributed by atoms with Gasteiger partial charge in [-0.3, -0.25) is 14.7 Å². The number of hydrogen-bond donors (Lipinski definition) is 0. The Morgan fingerprint density at radius 1 is 1.07 bits per heavy atom. The van der Waals surface area contributed by atoms with Gasteiger partial charge in [-0.25, -0.2) is 0 Å². The molecule has 0 saturated heterocycles. The summed E-state index contributed by atoms with van der Waals surface area (Å²) >= 11 is 0. The SMILES string of the molecule is O=C1C(=Cc2ccccc2)Oc2c1ccc1c2CN(Cc2cccnc2)CO1. The van der Waals surface area contributed by atoms with Gasteiger partial charge in [0, 0.05) is 25.5 Å². The molecule has 2 aliphatic heterocycles. The number of ketones is 1. The van der Waals surface area contributed by atoms with E-state index in [9.17, 15) is 4.79 Å². The molecule has 0 spiro atoms. The summed E-state index contributed by atoms with van der Waals surface area (Å²) in [7, 11) is 0. The van der Waals surface area contributed by atoms with Crippen molar-refractivity contribution in [2.24, 2.45) is 0 Å². The molecule has 0 unspecified atom stereocenters. The Morgan fingerprint density at radius 3 is 2.79 bits per heavy atom. The zero-order chi connectivity index (χ0) is 18.9. The summed E-state index contributed by atoms with van der Waals surface area (Å²) in [5.41, 5.74) is 3.55. The fraction of sp³-hybridized carbons (Fsp3) is 0.130. The highest BCUT2D eigenvalue weighted by Crippen LogP contribution is 2.42. The number of carbonyl (C=O) groups is 1. The first-order valence-corrected chi connectivity index (χ1v) is 9.17. The Hall–Kier alpha value is -3.44. The molecule has 3 aromatic rings. The van der Waals surface area contributed by atoms with Crippen molar-refractivity contribution in [3.8, 4) is 11.5 Å². The van der Waals surface area contributed by atoms with E-state index in [1.165, 1.54) is 0 Å². The molecule has 0 fully saturated rings. The van der Waals surface area contributed by atoms with Crippen LogP contribution in [0.1, 0.15) is 27.0 Å². The van der Waals surface area contributed by atoms with E-state index < -0.39 is 0 Å². The number of carbonyl (C=O) groups excluding carboxylic acids is 1. The molecule has 0 bridgehead atoms. The Morgan fingerprint density at radius 2 is 1.96 bits per heavy atom. The minimum atomic E-state index is -0.0916. The number of hydrogen-bond acceptors (Lipinski definition) is 5. The van der Waals surface area contributed by atoms with Crippen LogP contribution in [-0.2, 0) is 13.1 Å². The van der Waals surface area contributed by atoms with Crippen molar-refractivity contribution < 1.29 is 14.3 Å². The van der Waals surface area contributed by atoms with Gasteiger partial charge >= 0.3 is 0 Å². The number of pyridine rings is 1. The average Bonchev–Trinajstić information content (AvgIpc) is 3.05. The molecule has 2 aromatic carbocycles. The lowest BCUT2D eigenvalue weighted by Crippen LogP contribution is -2.31. The molecule has 0 N–H and O–H groups in total. The third-order valence-corrected chi connectivity index (χ3v) is 4.91. The second-order valence-electron chi connectivity index (χ2n) is 6.89.